The first-order valence-electron chi connectivity index (χ1n) is 7.48. The number of guanidine groups is 1. The van der Waals surface area contributed by atoms with E-state index in [1.807, 2.05) is 6.07 Å². The minimum atomic E-state index is 0. The third kappa shape index (κ3) is 5.73. The molecule has 0 radical (unpaired) electrons. The number of benzene rings is 1. The Morgan fingerprint density at radius 1 is 1.38 bits per heavy atom. The fourth-order valence-corrected chi connectivity index (χ4v) is 2.62. The van der Waals surface area contributed by atoms with E-state index >= 15 is 0 Å². The molecule has 1 atom stereocenters. The Hall–Kier alpha value is -0.980. The van der Waals surface area contributed by atoms with Gasteiger partial charge in [-0.15, -0.1) is 24.0 Å². The first-order chi connectivity index (χ1) is 9.66. The fourth-order valence-electron chi connectivity index (χ4n) is 2.62. The van der Waals surface area contributed by atoms with Crippen molar-refractivity contribution in [3.05, 3.63) is 30.3 Å². The molecule has 1 saturated heterocycles. The number of rotatable bonds is 4. The van der Waals surface area contributed by atoms with Gasteiger partial charge in [-0.1, -0.05) is 25.1 Å². The highest BCUT2D eigenvalue weighted by Gasteiger charge is 2.17. The average molecular weight is 402 g/mol. The molecule has 4 nitrogen and oxygen atoms in total. The van der Waals surface area contributed by atoms with Crippen molar-refractivity contribution in [3.63, 3.8) is 0 Å². The summed E-state index contributed by atoms with van der Waals surface area (Å²) in [5.74, 6) is 1.43. The van der Waals surface area contributed by atoms with Crippen molar-refractivity contribution in [2.75, 3.05) is 38.1 Å². The Morgan fingerprint density at radius 3 is 2.76 bits per heavy atom. The Morgan fingerprint density at radius 2 is 2.10 bits per heavy atom. The Balaban J connectivity index is 0.00000220. The molecule has 1 aliphatic heterocycles. The molecule has 0 aliphatic carbocycles. The second-order valence-corrected chi connectivity index (χ2v) is 5.69. The predicted molar refractivity (Wildman–Crippen MR) is 102 cm³/mol. The molecule has 1 aromatic carbocycles. The van der Waals surface area contributed by atoms with Crippen molar-refractivity contribution < 1.29 is 0 Å². The van der Waals surface area contributed by atoms with Gasteiger partial charge in [-0.2, -0.15) is 0 Å². The number of piperidine rings is 1. The molecular weight excluding hydrogens is 375 g/mol. The lowest BCUT2D eigenvalue weighted by Gasteiger charge is -2.31. The molecule has 1 fully saturated rings. The van der Waals surface area contributed by atoms with Gasteiger partial charge in [0.15, 0.2) is 5.96 Å². The van der Waals surface area contributed by atoms with E-state index in [1.165, 1.54) is 18.5 Å². The smallest absolute Gasteiger partial charge is 0.191 e. The minimum Gasteiger partial charge on any atom is -0.373 e. The largest absolute Gasteiger partial charge is 0.373 e. The highest BCUT2D eigenvalue weighted by atomic mass is 127. The summed E-state index contributed by atoms with van der Waals surface area (Å²) >= 11 is 0. The van der Waals surface area contributed by atoms with Crippen LogP contribution < -0.4 is 10.6 Å². The van der Waals surface area contributed by atoms with Crippen molar-refractivity contribution >= 4 is 35.6 Å². The van der Waals surface area contributed by atoms with Gasteiger partial charge in [0.05, 0.1) is 6.54 Å². The van der Waals surface area contributed by atoms with Crippen molar-refractivity contribution in [1.29, 1.82) is 0 Å². The molecule has 1 aliphatic rings. The fraction of sp³-hybridized carbons (Fsp3) is 0.562. The van der Waals surface area contributed by atoms with Crippen LogP contribution in [0.5, 0.6) is 0 Å². The minimum absolute atomic E-state index is 0. The van der Waals surface area contributed by atoms with Crippen LogP contribution in [0.4, 0.5) is 5.69 Å². The second-order valence-electron chi connectivity index (χ2n) is 5.69. The normalized spacial score (nSPS) is 19.0. The van der Waals surface area contributed by atoms with Crippen LogP contribution in [0.2, 0.25) is 0 Å². The van der Waals surface area contributed by atoms with Gasteiger partial charge in [-0.25, -0.2) is 0 Å². The van der Waals surface area contributed by atoms with Crippen molar-refractivity contribution in [2.45, 2.75) is 19.8 Å². The van der Waals surface area contributed by atoms with E-state index in [1.54, 1.807) is 0 Å². The van der Waals surface area contributed by atoms with Crippen LogP contribution in [0.15, 0.2) is 35.3 Å². The molecule has 0 spiro atoms. The topological polar surface area (TPSA) is 44.9 Å². The molecule has 0 aromatic heterocycles. The standard InChI is InChI=1S/C16H26N4.HI/c1-14-7-6-11-20(13-14)16(17)18-10-12-19(2)15-8-4-3-5-9-15;/h3-5,8-9,14H,6-7,10-13H2,1-2H3,(H2,17,18);1H. The van der Waals surface area contributed by atoms with Gasteiger partial charge < -0.3 is 15.5 Å². The Bertz CT molecular complexity index is 435. The van der Waals surface area contributed by atoms with Crippen molar-refractivity contribution in [3.8, 4) is 0 Å². The number of nitrogens with two attached hydrogens (primary N) is 1. The third-order valence-electron chi connectivity index (χ3n) is 3.89. The molecule has 0 bridgehead atoms. The predicted octanol–water partition coefficient (Wildman–Crippen LogP) is 2.79. The number of halogens is 1. The summed E-state index contributed by atoms with van der Waals surface area (Å²) in [5.41, 5.74) is 7.31. The van der Waals surface area contributed by atoms with Crippen LogP contribution in [0.3, 0.4) is 0 Å². The molecular formula is C16H27IN4. The van der Waals surface area contributed by atoms with E-state index in [-0.39, 0.29) is 24.0 Å². The lowest BCUT2D eigenvalue weighted by atomic mass is 10.0. The Kier molecular flexibility index (Phi) is 7.85. The van der Waals surface area contributed by atoms with Crippen LogP contribution >= 0.6 is 24.0 Å². The quantitative estimate of drug-likeness (QED) is 0.479. The van der Waals surface area contributed by atoms with Gasteiger partial charge in [-0.05, 0) is 30.9 Å². The number of para-hydroxylation sites is 1. The van der Waals surface area contributed by atoms with Gasteiger partial charge in [0, 0.05) is 32.4 Å². The third-order valence-corrected chi connectivity index (χ3v) is 3.89. The molecule has 21 heavy (non-hydrogen) atoms. The summed E-state index contributed by atoms with van der Waals surface area (Å²) in [5, 5.41) is 0. The lowest BCUT2D eigenvalue weighted by Crippen LogP contribution is -2.43. The van der Waals surface area contributed by atoms with E-state index in [9.17, 15) is 0 Å². The molecule has 2 rings (SSSR count). The van der Waals surface area contributed by atoms with Crippen molar-refractivity contribution in [2.24, 2.45) is 16.6 Å². The van der Waals surface area contributed by atoms with Gasteiger partial charge >= 0.3 is 0 Å². The SMILES string of the molecule is CC1CCCN(C(N)=NCCN(C)c2ccccc2)C1.I. The van der Waals surface area contributed by atoms with E-state index in [2.05, 4.69) is 53.0 Å². The lowest BCUT2D eigenvalue weighted by molar-refractivity contribution is 0.270. The van der Waals surface area contributed by atoms with Crippen LogP contribution in [0.25, 0.3) is 0 Å². The van der Waals surface area contributed by atoms with Gasteiger partial charge in [-0.3, -0.25) is 4.99 Å². The molecule has 118 valence electrons. The summed E-state index contributed by atoms with van der Waals surface area (Å²) in [6.45, 7) is 6.00. The number of likely N-dealkylation sites (N-methyl/N-ethyl adjacent to an activating group) is 1. The number of nitrogens with zero attached hydrogens (tertiary/aromatic N) is 3. The van der Waals surface area contributed by atoms with Gasteiger partial charge in [0.2, 0.25) is 0 Å². The van der Waals surface area contributed by atoms with Gasteiger partial charge in [0.1, 0.15) is 0 Å². The average Bonchev–Trinajstić information content (AvgIpc) is 2.48. The maximum Gasteiger partial charge on any atom is 0.191 e. The molecule has 1 unspecified atom stereocenters. The molecule has 1 heterocycles. The van der Waals surface area contributed by atoms with Crippen LogP contribution in [-0.4, -0.2) is 44.1 Å². The van der Waals surface area contributed by atoms with Crippen LogP contribution in [0.1, 0.15) is 19.8 Å². The van der Waals surface area contributed by atoms with E-state index in [0.717, 1.165) is 32.1 Å². The molecule has 5 heteroatoms. The van der Waals surface area contributed by atoms with Crippen molar-refractivity contribution in [1.82, 2.24) is 4.90 Å². The zero-order valence-corrected chi connectivity index (χ0v) is 15.4. The van der Waals surface area contributed by atoms with Gasteiger partial charge in [0.25, 0.3) is 0 Å². The molecule has 0 saturated carbocycles. The zero-order valence-electron chi connectivity index (χ0n) is 13.0. The number of anilines is 1. The van der Waals surface area contributed by atoms with E-state index in [0.29, 0.717) is 5.96 Å². The summed E-state index contributed by atoms with van der Waals surface area (Å²) in [6, 6.07) is 10.4. The highest BCUT2D eigenvalue weighted by Crippen LogP contribution is 2.15. The summed E-state index contributed by atoms with van der Waals surface area (Å²) in [6.07, 6.45) is 2.53. The van der Waals surface area contributed by atoms with E-state index in [4.69, 9.17) is 5.73 Å². The zero-order chi connectivity index (χ0) is 14.4. The summed E-state index contributed by atoms with van der Waals surface area (Å²) in [4.78, 5) is 8.95. The first kappa shape index (κ1) is 18.1. The maximum absolute atomic E-state index is 6.09. The monoisotopic (exact) mass is 402 g/mol. The second kappa shape index (κ2) is 9.12. The number of hydrogen-bond acceptors (Lipinski definition) is 2. The number of likely N-dealkylation sites (tertiary alicyclic amines) is 1. The molecule has 0 amide bonds. The highest BCUT2D eigenvalue weighted by molar-refractivity contribution is 14.0. The van der Waals surface area contributed by atoms with Crippen LogP contribution in [-0.2, 0) is 0 Å². The van der Waals surface area contributed by atoms with Crippen LogP contribution in [0, 0.1) is 5.92 Å². The maximum atomic E-state index is 6.09. The summed E-state index contributed by atoms with van der Waals surface area (Å²) in [7, 11) is 2.09. The van der Waals surface area contributed by atoms with E-state index < -0.39 is 0 Å². The number of aliphatic imine (C=N–C) groups is 1. The summed E-state index contributed by atoms with van der Waals surface area (Å²) < 4.78 is 0. The molecule has 2 N–H and O–H groups in total. The number of hydrogen-bond donors (Lipinski definition) is 1. The first-order valence-corrected chi connectivity index (χ1v) is 7.48. The Labute approximate surface area is 145 Å². The molecule has 1 aromatic rings.